The smallest absolute Gasteiger partial charge is 0.0995 e. The number of benzene rings is 1. The van der Waals surface area contributed by atoms with Gasteiger partial charge in [-0.15, -0.1) is 11.8 Å². The molecule has 134 valence electrons. The summed E-state index contributed by atoms with van der Waals surface area (Å²) in [5.74, 6) is 2.73. The molecule has 0 N–H and O–H groups in total. The van der Waals surface area contributed by atoms with Crippen molar-refractivity contribution in [1.82, 2.24) is 0 Å². The second-order valence-corrected chi connectivity index (χ2v) is 11.1. The quantitative estimate of drug-likeness (QED) is 0.533. The van der Waals surface area contributed by atoms with E-state index in [9.17, 15) is 5.26 Å². The molecule has 0 amide bonds. The molecule has 1 aromatic carbocycles. The van der Waals surface area contributed by atoms with Crippen molar-refractivity contribution in [1.29, 1.82) is 5.26 Å². The summed E-state index contributed by atoms with van der Waals surface area (Å²) >= 11 is 2.02. The molecule has 4 atom stereocenters. The van der Waals surface area contributed by atoms with Crippen molar-refractivity contribution in [3.05, 3.63) is 28.8 Å². The van der Waals surface area contributed by atoms with E-state index < -0.39 is 0 Å². The normalized spacial score (nSPS) is 38.9. The van der Waals surface area contributed by atoms with Crippen LogP contribution in [0.3, 0.4) is 0 Å². The fourth-order valence-electron chi connectivity index (χ4n) is 7.04. The number of hydrogen-bond acceptors (Lipinski definition) is 2. The van der Waals surface area contributed by atoms with Crippen LogP contribution in [0, 0.1) is 40.9 Å². The average molecular weight is 354 g/mol. The van der Waals surface area contributed by atoms with Gasteiger partial charge in [-0.2, -0.15) is 5.26 Å². The summed E-state index contributed by atoms with van der Waals surface area (Å²) in [6.45, 7) is 12.2. The maximum Gasteiger partial charge on any atom is 0.0995 e. The first kappa shape index (κ1) is 17.5. The van der Waals surface area contributed by atoms with Crippen LogP contribution in [0.4, 0.5) is 0 Å². The van der Waals surface area contributed by atoms with E-state index in [-0.39, 0.29) is 5.41 Å². The minimum atomic E-state index is 0.165. The highest BCUT2D eigenvalue weighted by Crippen LogP contribution is 2.67. The molecule has 4 rings (SSSR count). The summed E-state index contributed by atoms with van der Waals surface area (Å²) in [5.41, 5.74) is 4.58. The van der Waals surface area contributed by atoms with Crippen LogP contribution in [0.1, 0.15) is 76.5 Å². The van der Waals surface area contributed by atoms with Crippen LogP contribution < -0.4 is 0 Å². The van der Waals surface area contributed by atoms with Gasteiger partial charge in [-0.05, 0) is 83.9 Å². The molecule has 1 aromatic rings. The predicted molar refractivity (Wildman–Crippen MR) is 106 cm³/mol. The van der Waals surface area contributed by atoms with Crippen LogP contribution >= 0.6 is 11.8 Å². The molecule has 1 aliphatic heterocycles. The van der Waals surface area contributed by atoms with Crippen molar-refractivity contribution in [2.75, 3.05) is 5.75 Å². The van der Waals surface area contributed by atoms with E-state index in [1.165, 1.54) is 53.9 Å². The van der Waals surface area contributed by atoms with Gasteiger partial charge in [0, 0.05) is 10.6 Å². The number of nitrogens with zero attached hydrogens (tertiary/aromatic N) is 1. The Bertz CT molecular complexity index is 758. The Morgan fingerprint density at radius 1 is 1.08 bits per heavy atom. The summed E-state index contributed by atoms with van der Waals surface area (Å²) in [6, 6.07) is 6.98. The number of nitriles is 1. The molecule has 1 heterocycles. The fourth-order valence-corrected chi connectivity index (χ4v) is 8.89. The zero-order valence-corrected chi connectivity index (χ0v) is 17.2. The highest BCUT2D eigenvalue weighted by molar-refractivity contribution is 7.99. The van der Waals surface area contributed by atoms with Crippen molar-refractivity contribution in [2.45, 2.75) is 77.0 Å². The van der Waals surface area contributed by atoms with Crippen molar-refractivity contribution in [3.63, 3.8) is 0 Å². The maximum absolute atomic E-state index is 9.84. The molecular weight excluding hydrogens is 322 g/mol. The van der Waals surface area contributed by atoms with E-state index in [4.69, 9.17) is 0 Å². The minimum Gasteiger partial charge on any atom is -0.192 e. The van der Waals surface area contributed by atoms with E-state index in [1.807, 2.05) is 11.8 Å². The first-order valence-corrected chi connectivity index (χ1v) is 10.9. The van der Waals surface area contributed by atoms with Crippen LogP contribution in [0.2, 0.25) is 0 Å². The minimum absolute atomic E-state index is 0.165. The lowest BCUT2D eigenvalue weighted by Crippen LogP contribution is -2.58. The van der Waals surface area contributed by atoms with Gasteiger partial charge in [-0.25, -0.2) is 0 Å². The van der Waals surface area contributed by atoms with Gasteiger partial charge in [-0.3, -0.25) is 0 Å². The van der Waals surface area contributed by atoms with Crippen molar-refractivity contribution < 1.29 is 0 Å². The Morgan fingerprint density at radius 2 is 1.84 bits per heavy atom. The average Bonchev–Trinajstić information content (AvgIpc) is 2.52. The number of fused-ring (bicyclic) bond motifs is 5. The van der Waals surface area contributed by atoms with Crippen LogP contribution in [0.15, 0.2) is 17.0 Å². The fraction of sp³-hybridized carbons (Fsp3) is 0.696. The van der Waals surface area contributed by atoms with Gasteiger partial charge >= 0.3 is 0 Å². The summed E-state index contributed by atoms with van der Waals surface area (Å²) in [4.78, 5) is 1.38. The van der Waals surface area contributed by atoms with Gasteiger partial charge < -0.3 is 0 Å². The molecule has 0 bridgehead atoms. The topological polar surface area (TPSA) is 23.8 Å². The van der Waals surface area contributed by atoms with Gasteiger partial charge in [0.25, 0.3) is 0 Å². The van der Waals surface area contributed by atoms with Crippen molar-refractivity contribution >= 4 is 11.8 Å². The van der Waals surface area contributed by atoms with E-state index in [1.54, 1.807) is 0 Å². The van der Waals surface area contributed by atoms with Crippen LogP contribution in [-0.4, -0.2) is 5.75 Å². The lowest BCUT2D eigenvalue weighted by molar-refractivity contribution is -0.0974. The molecule has 0 aromatic heterocycles. The van der Waals surface area contributed by atoms with E-state index in [0.717, 1.165) is 11.5 Å². The SMILES string of the molecule is Cc1cc(C#N)c2c(c1)SC[C@@H]1[C@@]3(C)CCCC(C)(C)[C@@H]3CC[C@@]21C. The Hall–Kier alpha value is -0.940. The molecular formula is C23H31NS. The maximum atomic E-state index is 9.84. The van der Waals surface area contributed by atoms with Crippen LogP contribution in [0.25, 0.3) is 0 Å². The highest BCUT2D eigenvalue weighted by atomic mass is 32.2. The van der Waals surface area contributed by atoms with Gasteiger partial charge in [0.05, 0.1) is 11.6 Å². The lowest BCUT2D eigenvalue weighted by atomic mass is 9.42. The van der Waals surface area contributed by atoms with Gasteiger partial charge in [-0.1, -0.05) is 34.1 Å². The first-order chi connectivity index (χ1) is 11.7. The van der Waals surface area contributed by atoms with Gasteiger partial charge in [0.15, 0.2) is 0 Å². The first-order valence-electron chi connectivity index (χ1n) is 9.90. The Kier molecular flexibility index (Phi) is 3.86. The molecule has 2 fully saturated rings. The summed E-state index contributed by atoms with van der Waals surface area (Å²) in [6.07, 6.45) is 6.67. The molecule has 2 heteroatoms. The van der Waals surface area contributed by atoms with Crippen molar-refractivity contribution in [3.8, 4) is 6.07 Å². The zero-order valence-electron chi connectivity index (χ0n) is 16.4. The second-order valence-electron chi connectivity index (χ2n) is 10.0. The number of thioether (sulfide) groups is 1. The second kappa shape index (κ2) is 5.53. The standard InChI is InChI=1S/C23H31NS/c1-15-11-16(13-24)20-17(12-15)25-14-19-22(4)9-6-8-21(2,3)18(22)7-10-23(19,20)5/h11-12,18-19H,6-10,14H2,1-5H3/t18-,19+,22-,23+/m0/s1. The number of aryl methyl sites for hydroxylation is 1. The van der Waals surface area contributed by atoms with E-state index in [0.29, 0.717) is 16.7 Å². The van der Waals surface area contributed by atoms with Gasteiger partial charge in [0.1, 0.15) is 0 Å². The summed E-state index contributed by atoms with van der Waals surface area (Å²) in [7, 11) is 0. The predicted octanol–water partition coefficient (Wildman–Crippen LogP) is 6.47. The molecule has 2 aliphatic carbocycles. The molecule has 0 unspecified atom stereocenters. The molecule has 0 saturated heterocycles. The van der Waals surface area contributed by atoms with Gasteiger partial charge in [0.2, 0.25) is 0 Å². The van der Waals surface area contributed by atoms with E-state index in [2.05, 4.69) is 52.8 Å². The van der Waals surface area contributed by atoms with Crippen molar-refractivity contribution in [2.24, 2.45) is 22.7 Å². The molecule has 2 saturated carbocycles. The van der Waals surface area contributed by atoms with E-state index >= 15 is 0 Å². The third-order valence-electron chi connectivity index (χ3n) is 8.14. The largest absolute Gasteiger partial charge is 0.192 e. The third kappa shape index (κ3) is 2.34. The lowest BCUT2D eigenvalue weighted by Gasteiger charge is -2.64. The molecule has 25 heavy (non-hydrogen) atoms. The Morgan fingerprint density at radius 3 is 2.56 bits per heavy atom. The number of hydrogen-bond donors (Lipinski definition) is 0. The number of rotatable bonds is 0. The van der Waals surface area contributed by atoms with Crippen LogP contribution in [0.5, 0.6) is 0 Å². The molecule has 0 spiro atoms. The monoisotopic (exact) mass is 353 g/mol. The molecule has 3 aliphatic rings. The Labute approximate surface area is 157 Å². The highest BCUT2D eigenvalue weighted by Gasteiger charge is 2.60. The third-order valence-corrected chi connectivity index (χ3v) is 9.27. The molecule has 0 radical (unpaired) electrons. The Balaban J connectivity index is 1.86. The summed E-state index contributed by atoms with van der Waals surface area (Å²) in [5, 5.41) is 9.84. The van der Waals surface area contributed by atoms with Crippen LogP contribution in [-0.2, 0) is 5.41 Å². The molecule has 1 nitrogen and oxygen atoms in total. The zero-order chi connectivity index (χ0) is 18.0. The summed E-state index contributed by atoms with van der Waals surface area (Å²) < 4.78 is 0.